The highest BCUT2D eigenvalue weighted by molar-refractivity contribution is 6.06. The molecule has 2 rings (SSSR count). The van der Waals surface area contributed by atoms with E-state index in [9.17, 15) is 0 Å². The van der Waals surface area contributed by atoms with Crippen LogP contribution in [-0.4, -0.2) is 19.0 Å². The number of rotatable bonds is 7. The zero-order chi connectivity index (χ0) is 15.8. The maximum absolute atomic E-state index is 5.47. The van der Waals surface area contributed by atoms with Gasteiger partial charge in [0.25, 0.3) is 0 Å². The molecule has 0 fully saturated rings. The third-order valence-electron chi connectivity index (χ3n) is 3.16. The Hall–Kier alpha value is -2.23. The van der Waals surface area contributed by atoms with Crippen LogP contribution < -0.4 is 10.1 Å². The van der Waals surface area contributed by atoms with Gasteiger partial charge >= 0.3 is 0 Å². The molecule has 0 bridgehead atoms. The van der Waals surface area contributed by atoms with Crippen LogP contribution in [0.5, 0.6) is 5.75 Å². The number of nitrogens with one attached hydrogen (secondary N) is 1. The molecule has 0 amide bonds. The topological polar surface area (TPSA) is 46.8 Å². The average molecular weight is 300 g/mol. The molecule has 0 saturated heterocycles. The molecule has 2 aromatic rings. The SMILES string of the molecule is CCOc1ccc(NC(=NCCC(C)C)c2ccco2)cc1. The number of hydrogen-bond acceptors (Lipinski definition) is 3. The summed E-state index contributed by atoms with van der Waals surface area (Å²) in [6.45, 7) is 7.81. The Morgan fingerprint density at radius 1 is 1.23 bits per heavy atom. The van der Waals surface area contributed by atoms with E-state index in [1.165, 1.54) is 0 Å². The minimum Gasteiger partial charge on any atom is -0.494 e. The summed E-state index contributed by atoms with van der Waals surface area (Å²) in [7, 11) is 0. The molecular weight excluding hydrogens is 276 g/mol. The predicted molar refractivity (Wildman–Crippen MR) is 90.8 cm³/mol. The smallest absolute Gasteiger partial charge is 0.169 e. The maximum Gasteiger partial charge on any atom is 0.169 e. The number of aliphatic imine (C=N–C) groups is 1. The van der Waals surface area contributed by atoms with Crippen LogP contribution in [-0.2, 0) is 0 Å². The standard InChI is InChI=1S/C18H24N2O2/c1-4-21-16-9-7-15(8-10-16)20-18(17-6-5-13-22-17)19-12-11-14(2)3/h5-10,13-14H,4,11-12H2,1-3H3,(H,19,20). The Morgan fingerprint density at radius 3 is 2.59 bits per heavy atom. The van der Waals surface area contributed by atoms with E-state index < -0.39 is 0 Å². The molecule has 0 unspecified atom stereocenters. The van der Waals surface area contributed by atoms with E-state index >= 15 is 0 Å². The molecular formula is C18H24N2O2. The third-order valence-corrected chi connectivity index (χ3v) is 3.16. The van der Waals surface area contributed by atoms with Crippen LogP contribution in [0.25, 0.3) is 0 Å². The molecule has 0 spiro atoms. The van der Waals surface area contributed by atoms with Gasteiger partial charge in [-0.3, -0.25) is 4.99 Å². The molecule has 22 heavy (non-hydrogen) atoms. The highest BCUT2D eigenvalue weighted by Gasteiger charge is 2.07. The molecule has 0 aliphatic carbocycles. The van der Waals surface area contributed by atoms with Gasteiger partial charge in [0.2, 0.25) is 0 Å². The zero-order valence-corrected chi connectivity index (χ0v) is 13.5. The fourth-order valence-electron chi connectivity index (χ4n) is 1.96. The second kappa shape index (κ2) is 8.27. The molecule has 1 N–H and O–H groups in total. The first-order chi connectivity index (χ1) is 10.7. The van der Waals surface area contributed by atoms with Gasteiger partial charge in [0, 0.05) is 12.2 Å². The number of ether oxygens (including phenoxy) is 1. The van der Waals surface area contributed by atoms with Gasteiger partial charge in [-0.2, -0.15) is 0 Å². The second-order valence-electron chi connectivity index (χ2n) is 5.47. The van der Waals surface area contributed by atoms with Crippen molar-refractivity contribution in [2.45, 2.75) is 27.2 Å². The molecule has 0 atom stereocenters. The average Bonchev–Trinajstić information content (AvgIpc) is 3.02. The lowest BCUT2D eigenvalue weighted by atomic mass is 10.1. The van der Waals surface area contributed by atoms with Crippen molar-refractivity contribution < 1.29 is 9.15 Å². The maximum atomic E-state index is 5.47. The number of furan rings is 1. The zero-order valence-electron chi connectivity index (χ0n) is 13.5. The monoisotopic (exact) mass is 300 g/mol. The molecule has 1 heterocycles. The molecule has 1 aromatic carbocycles. The van der Waals surface area contributed by atoms with E-state index in [-0.39, 0.29) is 0 Å². The first-order valence-corrected chi connectivity index (χ1v) is 7.77. The normalized spacial score (nSPS) is 11.7. The quantitative estimate of drug-likeness (QED) is 0.601. The summed E-state index contributed by atoms with van der Waals surface area (Å²) >= 11 is 0. The van der Waals surface area contributed by atoms with Crippen molar-refractivity contribution in [3.05, 3.63) is 48.4 Å². The van der Waals surface area contributed by atoms with Crippen LogP contribution >= 0.6 is 0 Å². The van der Waals surface area contributed by atoms with Crippen molar-refractivity contribution in [2.75, 3.05) is 18.5 Å². The lowest BCUT2D eigenvalue weighted by Gasteiger charge is -2.10. The lowest BCUT2D eigenvalue weighted by Crippen LogP contribution is -2.14. The van der Waals surface area contributed by atoms with E-state index in [2.05, 4.69) is 24.2 Å². The largest absolute Gasteiger partial charge is 0.494 e. The van der Waals surface area contributed by atoms with Crippen molar-refractivity contribution in [3.8, 4) is 5.75 Å². The van der Waals surface area contributed by atoms with Crippen molar-refractivity contribution in [1.82, 2.24) is 0 Å². The Bertz CT molecular complexity index is 572. The Labute approximate surface area is 132 Å². The third kappa shape index (κ3) is 4.95. The van der Waals surface area contributed by atoms with Gasteiger partial charge < -0.3 is 14.5 Å². The van der Waals surface area contributed by atoms with Crippen molar-refractivity contribution >= 4 is 11.5 Å². The Kier molecular flexibility index (Phi) is 6.07. The van der Waals surface area contributed by atoms with Crippen LogP contribution in [0.3, 0.4) is 0 Å². The molecule has 0 radical (unpaired) electrons. The summed E-state index contributed by atoms with van der Waals surface area (Å²) in [6.07, 6.45) is 2.71. The predicted octanol–water partition coefficient (Wildman–Crippen LogP) is 4.58. The Balaban J connectivity index is 2.09. The fourth-order valence-corrected chi connectivity index (χ4v) is 1.96. The van der Waals surface area contributed by atoms with Crippen molar-refractivity contribution in [2.24, 2.45) is 10.9 Å². The molecule has 0 saturated carbocycles. The molecule has 118 valence electrons. The summed E-state index contributed by atoms with van der Waals surface area (Å²) in [5.41, 5.74) is 0.961. The number of hydrogen-bond donors (Lipinski definition) is 1. The molecule has 0 aliphatic rings. The number of amidine groups is 1. The van der Waals surface area contributed by atoms with Gasteiger partial charge in [0.15, 0.2) is 11.6 Å². The summed E-state index contributed by atoms with van der Waals surface area (Å²) in [5, 5.41) is 3.33. The van der Waals surface area contributed by atoms with Crippen molar-refractivity contribution in [3.63, 3.8) is 0 Å². The molecule has 4 nitrogen and oxygen atoms in total. The summed E-state index contributed by atoms with van der Waals surface area (Å²) in [4.78, 5) is 4.64. The van der Waals surface area contributed by atoms with Crippen LogP contribution in [0.4, 0.5) is 5.69 Å². The molecule has 1 aromatic heterocycles. The summed E-state index contributed by atoms with van der Waals surface area (Å²) in [5.74, 6) is 3.00. The van der Waals surface area contributed by atoms with Gasteiger partial charge in [0.1, 0.15) is 5.75 Å². The number of nitrogens with zero attached hydrogens (tertiary/aromatic N) is 1. The fraction of sp³-hybridized carbons (Fsp3) is 0.389. The van der Waals surface area contributed by atoms with E-state index in [0.29, 0.717) is 12.5 Å². The van der Waals surface area contributed by atoms with Gasteiger partial charge in [-0.1, -0.05) is 13.8 Å². The van der Waals surface area contributed by atoms with Crippen LogP contribution in [0.2, 0.25) is 0 Å². The Morgan fingerprint density at radius 2 is 2.00 bits per heavy atom. The van der Waals surface area contributed by atoms with E-state index in [1.807, 2.05) is 43.3 Å². The van der Waals surface area contributed by atoms with E-state index in [4.69, 9.17) is 9.15 Å². The first-order valence-electron chi connectivity index (χ1n) is 7.77. The van der Waals surface area contributed by atoms with Crippen LogP contribution in [0.15, 0.2) is 52.1 Å². The van der Waals surface area contributed by atoms with E-state index in [1.54, 1.807) is 6.26 Å². The summed E-state index contributed by atoms with van der Waals surface area (Å²) < 4.78 is 10.9. The number of anilines is 1. The van der Waals surface area contributed by atoms with Gasteiger partial charge in [-0.05, 0) is 55.7 Å². The van der Waals surface area contributed by atoms with Gasteiger partial charge in [0.05, 0.1) is 12.9 Å². The second-order valence-corrected chi connectivity index (χ2v) is 5.47. The molecule has 4 heteroatoms. The highest BCUT2D eigenvalue weighted by atomic mass is 16.5. The lowest BCUT2D eigenvalue weighted by molar-refractivity contribution is 0.340. The summed E-state index contributed by atoms with van der Waals surface area (Å²) in [6, 6.07) is 11.6. The van der Waals surface area contributed by atoms with Crippen LogP contribution in [0.1, 0.15) is 33.0 Å². The van der Waals surface area contributed by atoms with Crippen LogP contribution in [0, 0.1) is 5.92 Å². The van der Waals surface area contributed by atoms with Crippen molar-refractivity contribution in [1.29, 1.82) is 0 Å². The van der Waals surface area contributed by atoms with E-state index in [0.717, 1.165) is 36.0 Å². The minimum absolute atomic E-state index is 0.632. The first kappa shape index (κ1) is 16.1. The number of benzene rings is 1. The highest BCUT2D eigenvalue weighted by Crippen LogP contribution is 2.17. The molecule has 0 aliphatic heterocycles. The van der Waals surface area contributed by atoms with Gasteiger partial charge in [-0.25, -0.2) is 0 Å². The minimum atomic E-state index is 0.632. The van der Waals surface area contributed by atoms with Gasteiger partial charge in [-0.15, -0.1) is 0 Å².